The van der Waals surface area contributed by atoms with Crippen molar-refractivity contribution in [1.29, 1.82) is 0 Å². The SMILES string of the molecule is CCCCCCCC/C=C\CCCCCCCC(=O)OCCCCCCCCCCC/C=C\CCCCCCCCCC(=O)NC(CO)C(O)/C=C/CCCCCCCCCCCCCCCCCCCC. The van der Waals surface area contributed by atoms with Crippen LogP contribution >= 0.6 is 0 Å². The molecule has 72 heavy (non-hydrogen) atoms. The van der Waals surface area contributed by atoms with Gasteiger partial charge in [0.15, 0.2) is 0 Å². The smallest absolute Gasteiger partial charge is 0.305 e. The first-order valence-electron chi connectivity index (χ1n) is 32.3. The molecule has 0 saturated carbocycles. The number of hydrogen-bond donors (Lipinski definition) is 3. The topological polar surface area (TPSA) is 95.9 Å². The Bertz CT molecular complexity index is 1170. The maximum absolute atomic E-state index is 12.5. The molecule has 0 rings (SSSR count). The summed E-state index contributed by atoms with van der Waals surface area (Å²) in [4.78, 5) is 24.6. The summed E-state index contributed by atoms with van der Waals surface area (Å²) in [5.41, 5.74) is 0. The molecule has 0 bridgehead atoms. The fourth-order valence-electron chi connectivity index (χ4n) is 9.92. The van der Waals surface area contributed by atoms with Gasteiger partial charge in [0.2, 0.25) is 5.91 Å². The van der Waals surface area contributed by atoms with E-state index < -0.39 is 12.1 Å². The Morgan fingerprint density at radius 1 is 0.375 bits per heavy atom. The molecule has 0 saturated heterocycles. The van der Waals surface area contributed by atoms with E-state index in [9.17, 15) is 19.8 Å². The summed E-state index contributed by atoms with van der Waals surface area (Å²) in [5, 5.41) is 23.2. The normalized spacial score (nSPS) is 12.8. The lowest BCUT2D eigenvalue weighted by Gasteiger charge is -2.20. The third-order valence-corrected chi connectivity index (χ3v) is 14.9. The van der Waals surface area contributed by atoms with Gasteiger partial charge < -0.3 is 20.3 Å². The average molecular weight is 1010 g/mol. The molecular formula is C66H125NO5. The number of nitrogens with one attached hydrogen (secondary N) is 1. The molecule has 3 N–H and O–H groups in total. The van der Waals surface area contributed by atoms with Crippen molar-refractivity contribution in [2.45, 2.75) is 360 Å². The number of aliphatic hydroxyl groups is 2. The van der Waals surface area contributed by atoms with Crippen molar-refractivity contribution in [1.82, 2.24) is 5.32 Å². The van der Waals surface area contributed by atoms with E-state index in [1.54, 1.807) is 6.08 Å². The Morgan fingerprint density at radius 3 is 0.986 bits per heavy atom. The number of rotatable bonds is 60. The molecule has 2 atom stereocenters. The molecular weight excluding hydrogens is 887 g/mol. The van der Waals surface area contributed by atoms with Crippen LogP contribution in [0, 0.1) is 0 Å². The summed E-state index contributed by atoms with van der Waals surface area (Å²) in [6, 6.07) is -0.635. The van der Waals surface area contributed by atoms with Crippen molar-refractivity contribution >= 4 is 11.9 Å². The van der Waals surface area contributed by atoms with Crippen LogP contribution in [-0.2, 0) is 14.3 Å². The van der Waals surface area contributed by atoms with Gasteiger partial charge in [0, 0.05) is 12.8 Å². The average Bonchev–Trinajstić information content (AvgIpc) is 3.38. The number of unbranched alkanes of at least 4 members (excludes halogenated alkanes) is 45. The molecule has 0 spiro atoms. The van der Waals surface area contributed by atoms with E-state index >= 15 is 0 Å². The number of allylic oxidation sites excluding steroid dienone is 5. The number of esters is 1. The van der Waals surface area contributed by atoms with E-state index in [1.165, 1.54) is 270 Å². The molecule has 0 aromatic rings. The Kier molecular flexibility index (Phi) is 60.0. The van der Waals surface area contributed by atoms with Gasteiger partial charge in [-0.1, -0.05) is 288 Å². The maximum Gasteiger partial charge on any atom is 0.305 e. The predicted octanol–water partition coefficient (Wildman–Crippen LogP) is 20.4. The highest BCUT2D eigenvalue weighted by Crippen LogP contribution is 2.17. The van der Waals surface area contributed by atoms with E-state index in [0.717, 1.165) is 51.4 Å². The van der Waals surface area contributed by atoms with E-state index in [1.807, 2.05) is 6.08 Å². The van der Waals surface area contributed by atoms with Gasteiger partial charge in [-0.15, -0.1) is 0 Å². The highest BCUT2D eigenvalue weighted by atomic mass is 16.5. The predicted molar refractivity (Wildman–Crippen MR) is 315 cm³/mol. The minimum atomic E-state index is -0.851. The monoisotopic (exact) mass is 1010 g/mol. The molecule has 1 amide bonds. The second-order valence-electron chi connectivity index (χ2n) is 22.1. The number of carbonyl (C=O) groups is 2. The number of ether oxygens (including phenoxy) is 1. The molecule has 0 aromatic heterocycles. The lowest BCUT2D eigenvalue weighted by Crippen LogP contribution is -2.45. The molecule has 424 valence electrons. The first-order valence-corrected chi connectivity index (χ1v) is 32.3. The Labute approximate surface area is 449 Å². The third-order valence-electron chi connectivity index (χ3n) is 14.9. The number of amides is 1. The summed E-state index contributed by atoms with van der Waals surface area (Å²) in [7, 11) is 0. The van der Waals surface area contributed by atoms with Gasteiger partial charge >= 0.3 is 5.97 Å². The highest BCUT2D eigenvalue weighted by Gasteiger charge is 2.18. The molecule has 0 aliphatic heterocycles. The van der Waals surface area contributed by atoms with Gasteiger partial charge in [0.05, 0.1) is 25.4 Å². The van der Waals surface area contributed by atoms with E-state index in [4.69, 9.17) is 4.74 Å². The minimum Gasteiger partial charge on any atom is -0.466 e. The summed E-state index contributed by atoms with van der Waals surface area (Å²) in [6.45, 7) is 4.91. The van der Waals surface area contributed by atoms with Crippen molar-refractivity contribution in [3.8, 4) is 0 Å². The van der Waals surface area contributed by atoms with E-state index in [2.05, 4.69) is 43.5 Å². The first kappa shape index (κ1) is 70.1. The molecule has 0 fully saturated rings. The molecule has 6 heteroatoms. The largest absolute Gasteiger partial charge is 0.466 e. The van der Waals surface area contributed by atoms with Crippen molar-refractivity contribution in [2.24, 2.45) is 0 Å². The molecule has 0 aliphatic carbocycles. The second kappa shape index (κ2) is 61.6. The van der Waals surface area contributed by atoms with Crippen molar-refractivity contribution in [3.05, 3.63) is 36.5 Å². The fourth-order valence-corrected chi connectivity index (χ4v) is 9.92. The van der Waals surface area contributed by atoms with E-state index in [-0.39, 0.29) is 18.5 Å². The van der Waals surface area contributed by atoms with Crippen LogP contribution in [-0.4, -0.2) is 47.4 Å². The molecule has 0 heterocycles. The van der Waals surface area contributed by atoms with Gasteiger partial charge in [-0.3, -0.25) is 9.59 Å². The standard InChI is InChI=1S/C66H125NO5/c1-3-5-7-9-11-13-15-17-19-20-21-24-27-31-34-38-42-46-50-54-58-64(69)63(62-68)67-65(70)59-55-51-47-43-39-35-32-28-25-22-23-26-29-33-37-41-45-49-53-57-61-72-66(71)60-56-52-48-44-40-36-30-18-16-14-12-10-8-6-4-2/h18,22,25,30,54,58,63-64,68-69H,3-17,19-21,23-24,26-29,31-53,55-57,59-62H2,1-2H3,(H,67,70)/b25-22-,30-18-,58-54+. The third kappa shape index (κ3) is 57.4. The van der Waals surface area contributed by atoms with Crippen molar-refractivity contribution in [3.63, 3.8) is 0 Å². The Morgan fingerprint density at radius 2 is 0.653 bits per heavy atom. The van der Waals surface area contributed by atoms with Crippen molar-refractivity contribution in [2.75, 3.05) is 13.2 Å². The van der Waals surface area contributed by atoms with Gasteiger partial charge in [-0.05, 0) is 83.5 Å². The summed E-state index contributed by atoms with van der Waals surface area (Å²) >= 11 is 0. The Balaban J connectivity index is 3.46. The lowest BCUT2D eigenvalue weighted by molar-refractivity contribution is -0.143. The van der Waals surface area contributed by atoms with Crippen LogP contribution in [0.1, 0.15) is 348 Å². The van der Waals surface area contributed by atoms with Gasteiger partial charge in [0.1, 0.15) is 0 Å². The molecule has 2 unspecified atom stereocenters. The first-order chi connectivity index (χ1) is 35.5. The maximum atomic E-state index is 12.5. The highest BCUT2D eigenvalue weighted by molar-refractivity contribution is 5.76. The minimum absolute atomic E-state index is 0.00212. The number of aliphatic hydroxyl groups excluding tert-OH is 2. The summed E-state index contributed by atoms with van der Waals surface area (Å²) < 4.78 is 5.48. The number of hydrogen-bond acceptors (Lipinski definition) is 5. The van der Waals surface area contributed by atoms with Crippen LogP contribution in [0.5, 0.6) is 0 Å². The number of carbonyl (C=O) groups excluding carboxylic acids is 2. The zero-order chi connectivity index (χ0) is 52.2. The molecule has 0 aliphatic rings. The fraction of sp³-hybridized carbons (Fsp3) is 0.879. The van der Waals surface area contributed by atoms with Crippen molar-refractivity contribution < 1.29 is 24.5 Å². The van der Waals surface area contributed by atoms with Crippen LogP contribution in [0.3, 0.4) is 0 Å². The molecule has 0 aromatic carbocycles. The van der Waals surface area contributed by atoms with Crippen LogP contribution in [0.4, 0.5) is 0 Å². The van der Waals surface area contributed by atoms with E-state index in [0.29, 0.717) is 19.4 Å². The zero-order valence-corrected chi connectivity index (χ0v) is 48.4. The zero-order valence-electron chi connectivity index (χ0n) is 48.4. The summed E-state index contributed by atoms with van der Waals surface area (Å²) in [6.07, 6.45) is 77.6. The Hall–Kier alpha value is -1.92. The van der Waals surface area contributed by atoms with Crippen LogP contribution in [0.15, 0.2) is 36.5 Å². The molecule has 0 radical (unpaired) electrons. The lowest BCUT2D eigenvalue weighted by atomic mass is 10.0. The summed E-state index contributed by atoms with van der Waals surface area (Å²) in [5.74, 6) is -0.0764. The van der Waals surface area contributed by atoms with Gasteiger partial charge in [-0.2, -0.15) is 0 Å². The van der Waals surface area contributed by atoms with Gasteiger partial charge in [-0.25, -0.2) is 0 Å². The van der Waals surface area contributed by atoms with Gasteiger partial charge in [0.25, 0.3) is 0 Å². The quantitative estimate of drug-likeness (QED) is 0.0320. The van der Waals surface area contributed by atoms with Crippen LogP contribution < -0.4 is 5.32 Å². The van der Waals surface area contributed by atoms with Crippen LogP contribution in [0.25, 0.3) is 0 Å². The van der Waals surface area contributed by atoms with Crippen LogP contribution in [0.2, 0.25) is 0 Å². The molecule has 6 nitrogen and oxygen atoms in total. The second-order valence-corrected chi connectivity index (χ2v) is 22.1.